The van der Waals surface area contributed by atoms with Crippen molar-refractivity contribution >= 4 is 77.8 Å². The van der Waals surface area contributed by atoms with Crippen LogP contribution in [0.2, 0.25) is 5.02 Å². The highest BCUT2D eigenvalue weighted by Gasteiger charge is 2.21. The van der Waals surface area contributed by atoms with Gasteiger partial charge in [0.2, 0.25) is 0 Å². The van der Waals surface area contributed by atoms with E-state index in [1.54, 1.807) is 10.6 Å². The standard InChI is InChI=1S/C19H10BrClINO/c20-11-8-9-17-13(10-11)12-4-1-2-7-16(12)23(17)19(24)18-14(21)5-3-6-15(18)22/h1-10H. The van der Waals surface area contributed by atoms with E-state index in [-0.39, 0.29) is 5.91 Å². The molecule has 0 N–H and O–H groups in total. The van der Waals surface area contributed by atoms with Crippen molar-refractivity contribution in [2.24, 2.45) is 0 Å². The zero-order valence-electron chi connectivity index (χ0n) is 12.3. The predicted molar refractivity (Wildman–Crippen MR) is 111 cm³/mol. The molecule has 0 aliphatic rings. The number of aromatic nitrogens is 1. The van der Waals surface area contributed by atoms with Gasteiger partial charge in [-0.3, -0.25) is 9.36 Å². The van der Waals surface area contributed by atoms with Crippen LogP contribution >= 0.6 is 50.1 Å². The van der Waals surface area contributed by atoms with Gasteiger partial charge in [0.05, 0.1) is 21.6 Å². The number of para-hydroxylation sites is 1. The van der Waals surface area contributed by atoms with Crippen molar-refractivity contribution in [1.29, 1.82) is 0 Å². The van der Waals surface area contributed by atoms with E-state index >= 15 is 0 Å². The smallest absolute Gasteiger partial charge is 0.265 e. The number of halogens is 3. The molecule has 0 spiro atoms. The molecule has 4 aromatic rings. The van der Waals surface area contributed by atoms with Crippen molar-refractivity contribution in [3.63, 3.8) is 0 Å². The summed E-state index contributed by atoms with van der Waals surface area (Å²) in [6, 6.07) is 19.4. The van der Waals surface area contributed by atoms with Crippen LogP contribution in [0.5, 0.6) is 0 Å². The Kier molecular flexibility index (Phi) is 4.14. The molecule has 0 radical (unpaired) electrons. The Morgan fingerprint density at radius 1 is 0.958 bits per heavy atom. The number of benzene rings is 3. The van der Waals surface area contributed by atoms with Crippen molar-refractivity contribution in [1.82, 2.24) is 4.57 Å². The van der Waals surface area contributed by atoms with Crippen LogP contribution in [-0.2, 0) is 0 Å². The average molecular weight is 511 g/mol. The number of hydrogen-bond donors (Lipinski definition) is 0. The Morgan fingerprint density at radius 3 is 2.50 bits per heavy atom. The van der Waals surface area contributed by atoms with Crippen LogP contribution in [0.25, 0.3) is 21.8 Å². The fraction of sp³-hybridized carbons (Fsp3) is 0. The molecule has 24 heavy (non-hydrogen) atoms. The second kappa shape index (κ2) is 6.17. The van der Waals surface area contributed by atoms with Crippen LogP contribution in [0.3, 0.4) is 0 Å². The van der Waals surface area contributed by atoms with Gasteiger partial charge in [-0.2, -0.15) is 0 Å². The number of nitrogens with zero attached hydrogens (tertiary/aromatic N) is 1. The molecule has 0 bridgehead atoms. The molecule has 0 saturated carbocycles. The van der Waals surface area contributed by atoms with Gasteiger partial charge < -0.3 is 0 Å². The minimum absolute atomic E-state index is 0.112. The highest BCUT2D eigenvalue weighted by atomic mass is 127. The summed E-state index contributed by atoms with van der Waals surface area (Å²) in [5, 5.41) is 2.55. The minimum Gasteiger partial charge on any atom is -0.276 e. The number of fused-ring (bicyclic) bond motifs is 3. The molecule has 3 aromatic carbocycles. The lowest BCUT2D eigenvalue weighted by molar-refractivity contribution is 0.0969. The molecule has 118 valence electrons. The van der Waals surface area contributed by atoms with E-state index in [1.807, 2.05) is 54.6 Å². The van der Waals surface area contributed by atoms with E-state index in [2.05, 4.69) is 38.5 Å². The molecule has 0 aliphatic heterocycles. The number of hydrogen-bond acceptors (Lipinski definition) is 1. The summed E-state index contributed by atoms with van der Waals surface area (Å²) in [5.41, 5.74) is 2.29. The number of carbonyl (C=O) groups excluding carboxylic acids is 1. The maximum Gasteiger partial charge on any atom is 0.265 e. The summed E-state index contributed by atoms with van der Waals surface area (Å²) < 4.78 is 3.58. The monoisotopic (exact) mass is 509 g/mol. The Labute approximate surface area is 165 Å². The van der Waals surface area contributed by atoms with E-state index in [1.165, 1.54) is 0 Å². The molecule has 0 unspecified atom stereocenters. The van der Waals surface area contributed by atoms with Gasteiger partial charge in [-0.1, -0.05) is 51.8 Å². The van der Waals surface area contributed by atoms with Crippen LogP contribution in [0.15, 0.2) is 65.1 Å². The van der Waals surface area contributed by atoms with Crippen LogP contribution in [0.4, 0.5) is 0 Å². The van der Waals surface area contributed by atoms with Crippen molar-refractivity contribution in [3.8, 4) is 0 Å². The van der Waals surface area contributed by atoms with Gasteiger partial charge in [-0.05, 0) is 59.0 Å². The van der Waals surface area contributed by atoms with Crippen molar-refractivity contribution < 1.29 is 4.79 Å². The molecular weight excluding hydrogens is 500 g/mol. The fourth-order valence-corrected chi connectivity index (χ4v) is 4.48. The fourth-order valence-electron chi connectivity index (χ4n) is 2.98. The Bertz CT molecular complexity index is 1100. The molecule has 0 amide bonds. The lowest BCUT2D eigenvalue weighted by atomic mass is 10.2. The number of carbonyl (C=O) groups is 1. The maximum atomic E-state index is 13.3. The van der Waals surface area contributed by atoms with Gasteiger partial charge in [0.1, 0.15) is 0 Å². The van der Waals surface area contributed by atoms with Crippen molar-refractivity contribution in [2.45, 2.75) is 0 Å². The Hall–Kier alpha value is -1.37. The molecule has 4 rings (SSSR count). The molecule has 0 saturated heterocycles. The van der Waals surface area contributed by atoms with E-state index in [4.69, 9.17) is 11.6 Å². The van der Waals surface area contributed by atoms with Gasteiger partial charge in [0.25, 0.3) is 5.91 Å². The van der Waals surface area contributed by atoms with E-state index in [0.717, 1.165) is 29.8 Å². The third-order valence-electron chi connectivity index (χ3n) is 4.01. The largest absolute Gasteiger partial charge is 0.276 e. The van der Waals surface area contributed by atoms with Gasteiger partial charge >= 0.3 is 0 Å². The lowest BCUT2D eigenvalue weighted by Gasteiger charge is -2.09. The molecular formula is C19H10BrClINO. The first-order valence-electron chi connectivity index (χ1n) is 7.25. The quantitative estimate of drug-likeness (QED) is 0.268. The summed E-state index contributed by atoms with van der Waals surface area (Å²) in [4.78, 5) is 13.3. The first-order chi connectivity index (χ1) is 11.6. The zero-order chi connectivity index (χ0) is 16.8. The lowest BCUT2D eigenvalue weighted by Crippen LogP contribution is -2.13. The SMILES string of the molecule is O=C(c1c(Cl)cccc1I)n1c2ccccc2c2cc(Br)ccc21. The predicted octanol–water partition coefficient (Wildman–Crippen LogP) is 6.50. The van der Waals surface area contributed by atoms with E-state index in [9.17, 15) is 4.79 Å². The third kappa shape index (κ3) is 2.48. The summed E-state index contributed by atoms with van der Waals surface area (Å²) >= 11 is 12.0. The Morgan fingerprint density at radius 2 is 1.71 bits per heavy atom. The zero-order valence-corrected chi connectivity index (χ0v) is 16.8. The first-order valence-corrected chi connectivity index (χ1v) is 9.50. The minimum atomic E-state index is -0.112. The van der Waals surface area contributed by atoms with Crippen LogP contribution in [0.1, 0.15) is 10.4 Å². The van der Waals surface area contributed by atoms with Gasteiger partial charge in [0.15, 0.2) is 0 Å². The highest BCUT2D eigenvalue weighted by molar-refractivity contribution is 14.1. The molecule has 1 aromatic heterocycles. The second-order valence-electron chi connectivity index (χ2n) is 5.42. The van der Waals surface area contributed by atoms with Gasteiger partial charge in [-0.25, -0.2) is 0 Å². The van der Waals surface area contributed by atoms with Crippen LogP contribution < -0.4 is 0 Å². The normalized spacial score (nSPS) is 11.3. The Balaban J connectivity index is 2.11. The second-order valence-corrected chi connectivity index (χ2v) is 7.90. The highest BCUT2D eigenvalue weighted by Crippen LogP contribution is 2.33. The molecule has 2 nitrogen and oxygen atoms in total. The third-order valence-corrected chi connectivity index (χ3v) is 5.72. The van der Waals surface area contributed by atoms with Crippen molar-refractivity contribution in [3.05, 3.63) is 79.3 Å². The van der Waals surface area contributed by atoms with Crippen LogP contribution in [-0.4, -0.2) is 10.5 Å². The average Bonchev–Trinajstić information content (AvgIpc) is 2.88. The summed E-state index contributed by atoms with van der Waals surface area (Å²) in [6.45, 7) is 0. The van der Waals surface area contributed by atoms with Gasteiger partial charge in [0, 0.05) is 18.8 Å². The maximum absolute atomic E-state index is 13.3. The van der Waals surface area contributed by atoms with Crippen molar-refractivity contribution in [2.75, 3.05) is 0 Å². The molecule has 0 atom stereocenters. The topological polar surface area (TPSA) is 22.0 Å². The summed E-state index contributed by atoms with van der Waals surface area (Å²) in [7, 11) is 0. The van der Waals surface area contributed by atoms with Crippen LogP contribution in [0, 0.1) is 3.57 Å². The molecule has 1 heterocycles. The molecule has 0 fully saturated rings. The molecule has 5 heteroatoms. The number of rotatable bonds is 1. The summed E-state index contributed by atoms with van der Waals surface area (Å²) in [6.07, 6.45) is 0. The van der Waals surface area contributed by atoms with Gasteiger partial charge in [-0.15, -0.1) is 0 Å². The molecule has 0 aliphatic carbocycles. The first kappa shape index (κ1) is 16.1. The van der Waals surface area contributed by atoms with E-state index < -0.39 is 0 Å². The van der Waals surface area contributed by atoms with E-state index in [0.29, 0.717) is 10.6 Å². The summed E-state index contributed by atoms with van der Waals surface area (Å²) in [5.74, 6) is -0.112.